The van der Waals surface area contributed by atoms with Gasteiger partial charge in [-0.05, 0) is 67.0 Å². The zero-order chi connectivity index (χ0) is 30.3. The molecule has 0 aromatic heterocycles. The number of carbonyl (C=O) groups is 1. The standard InChI is InChI=1S/C32H30F4O6S/c33-27-14-20(40-16-18-9-11-43(39)12-10-18)1-4-25(27)31-24-6-8-28(23(24)5-7-26(31)32(34,35)36)42-21-2-3-22-19(13-30(37)38)17-41-29(22)15-21/h1-5,7,14-15,18-19,28H,6,8-13,16-17H2,(H,37,38)/t18?,19-,28-,43?/m1/s1. The predicted molar refractivity (Wildman–Crippen MR) is 152 cm³/mol. The number of fused-ring (bicyclic) bond motifs is 2. The number of rotatable bonds is 8. The van der Waals surface area contributed by atoms with Gasteiger partial charge in [0.15, 0.2) is 0 Å². The second-order valence-electron chi connectivity index (χ2n) is 11.2. The highest BCUT2D eigenvalue weighted by atomic mass is 32.2. The van der Waals surface area contributed by atoms with Gasteiger partial charge in [0, 0.05) is 57.0 Å². The number of halogens is 4. The number of hydrogen-bond donors (Lipinski definition) is 1. The first-order valence-electron chi connectivity index (χ1n) is 14.2. The molecule has 11 heteroatoms. The Labute approximate surface area is 248 Å². The van der Waals surface area contributed by atoms with Crippen LogP contribution < -0.4 is 14.2 Å². The van der Waals surface area contributed by atoms with Crippen molar-refractivity contribution in [3.63, 3.8) is 0 Å². The van der Waals surface area contributed by atoms with Gasteiger partial charge in [-0.25, -0.2) is 4.39 Å². The second-order valence-corrected chi connectivity index (χ2v) is 12.9. The summed E-state index contributed by atoms with van der Waals surface area (Å²) >= 11 is 0. The number of aliphatic carboxylic acids is 1. The molecule has 1 saturated heterocycles. The lowest BCUT2D eigenvalue weighted by atomic mass is 9.91. The largest absolute Gasteiger partial charge is 0.493 e. The molecule has 43 heavy (non-hydrogen) atoms. The molecular formula is C32H30F4O6S. The van der Waals surface area contributed by atoms with Gasteiger partial charge in [-0.3, -0.25) is 9.00 Å². The molecule has 3 aromatic rings. The van der Waals surface area contributed by atoms with E-state index in [9.17, 15) is 22.2 Å². The van der Waals surface area contributed by atoms with E-state index in [0.717, 1.165) is 30.5 Å². The molecule has 0 amide bonds. The van der Waals surface area contributed by atoms with Gasteiger partial charge in [-0.15, -0.1) is 0 Å². The topological polar surface area (TPSA) is 82.1 Å². The van der Waals surface area contributed by atoms with Crippen LogP contribution in [-0.4, -0.2) is 40.0 Å². The number of carboxylic acids is 1. The van der Waals surface area contributed by atoms with Crippen molar-refractivity contribution in [2.45, 2.75) is 50.3 Å². The lowest BCUT2D eigenvalue weighted by Crippen LogP contribution is -2.23. The molecule has 2 atom stereocenters. The highest BCUT2D eigenvalue weighted by Crippen LogP contribution is 2.48. The molecule has 3 aliphatic rings. The van der Waals surface area contributed by atoms with Gasteiger partial charge in [-0.1, -0.05) is 12.1 Å². The van der Waals surface area contributed by atoms with Gasteiger partial charge in [-0.2, -0.15) is 13.2 Å². The van der Waals surface area contributed by atoms with Crippen molar-refractivity contribution in [1.82, 2.24) is 0 Å². The van der Waals surface area contributed by atoms with E-state index in [0.29, 0.717) is 47.2 Å². The van der Waals surface area contributed by atoms with Crippen LogP contribution in [-0.2, 0) is 28.2 Å². The highest BCUT2D eigenvalue weighted by molar-refractivity contribution is 7.85. The molecule has 0 unspecified atom stereocenters. The third-order valence-electron chi connectivity index (χ3n) is 8.43. The first-order chi connectivity index (χ1) is 20.6. The molecule has 1 aliphatic carbocycles. The molecule has 2 heterocycles. The Balaban J connectivity index is 1.25. The second kappa shape index (κ2) is 11.8. The van der Waals surface area contributed by atoms with Crippen LogP contribution in [0.15, 0.2) is 48.5 Å². The number of ether oxygens (including phenoxy) is 3. The van der Waals surface area contributed by atoms with E-state index >= 15 is 4.39 Å². The Morgan fingerprint density at radius 1 is 1.00 bits per heavy atom. The van der Waals surface area contributed by atoms with Crippen LogP contribution in [0.4, 0.5) is 17.6 Å². The first-order valence-corrected chi connectivity index (χ1v) is 15.7. The van der Waals surface area contributed by atoms with Crippen LogP contribution in [0.1, 0.15) is 60.0 Å². The summed E-state index contributed by atoms with van der Waals surface area (Å²) < 4.78 is 87.3. The highest BCUT2D eigenvalue weighted by Gasteiger charge is 2.39. The van der Waals surface area contributed by atoms with Crippen molar-refractivity contribution in [3.8, 4) is 28.4 Å². The Bertz CT molecular complexity index is 1560. The van der Waals surface area contributed by atoms with Crippen LogP contribution in [0, 0.1) is 11.7 Å². The SMILES string of the molecule is O=C(O)C[C@@H]1COc2cc(O[C@@H]3CCc4c3ccc(C(F)(F)F)c4-c3ccc(OCC4CCS(=O)CC4)cc3F)ccc21. The van der Waals surface area contributed by atoms with E-state index < -0.39 is 40.4 Å². The maximum Gasteiger partial charge on any atom is 0.417 e. The van der Waals surface area contributed by atoms with Crippen LogP contribution >= 0.6 is 0 Å². The molecule has 0 bridgehead atoms. The summed E-state index contributed by atoms with van der Waals surface area (Å²) in [6.07, 6.45) is -3.13. The summed E-state index contributed by atoms with van der Waals surface area (Å²) in [6.45, 7) is 0.580. The van der Waals surface area contributed by atoms with Crippen molar-refractivity contribution in [2.75, 3.05) is 24.7 Å². The van der Waals surface area contributed by atoms with Crippen LogP contribution in [0.25, 0.3) is 11.1 Å². The van der Waals surface area contributed by atoms with Crippen molar-refractivity contribution < 1.29 is 45.9 Å². The molecule has 6 rings (SSSR count). The summed E-state index contributed by atoms with van der Waals surface area (Å²) in [4.78, 5) is 11.1. The van der Waals surface area contributed by atoms with Gasteiger partial charge in [0.1, 0.15) is 29.2 Å². The van der Waals surface area contributed by atoms with Crippen molar-refractivity contribution in [1.29, 1.82) is 0 Å². The predicted octanol–water partition coefficient (Wildman–Crippen LogP) is 7.07. The normalized spacial score (nSPS) is 22.9. The number of hydrogen-bond acceptors (Lipinski definition) is 5. The third kappa shape index (κ3) is 6.23. The van der Waals surface area contributed by atoms with E-state index in [4.69, 9.17) is 19.3 Å². The van der Waals surface area contributed by atoms with E-state index in [1.807, 2.05) is 0 Å². The smallest absolute Gasteiger partial charge is 0.417 e. The summed E-state index contributed by atoms with van der Waals surface area (Å²) in [5, 5.41) is 9.13. The number of benzene rings is 3. The number of carboxylic acid groups (broad SMARTS) is 1. The van der Waals surface area contributed by atoms with Crippen molar-refractivity contribution >= 4 is 16.8 Å². The third-order valence-corrected chi connectivity index (χ3v) is 9.81. The van der Waals surface area contributed by atoms with E-state index in [1.54, 1.807) is 18.2 Å². The average Bonchev–Trinajstić information content (AvgIpc) is 3.55. The maximum atomic E-state index is 15.5. The average molecular weight is 619 g/mol. The lowest BCUT2D eigenvalue weighted by Gasteiger charge is -2.22. The minimum absolute atomic E-state index is 0.0547. The Kier molecular flexibility index (Phi) is 8.10. The molecular weight excluding hydrogens is 588 g/mol. The summed E-state index contributed by atoms with van der Waals surface area (Å²) in [5.41, 5.74) is 0.468. The molecule has 0 spiro atoms. The molecule has 3 aromatic carbocycles. The molecule has 6 nitrogen and oxygen atoms in total. The van der Waals surface area contributed by atoms with Gasteiger partial charge in [0.2, 0.25) is 0 Å². The van der Waals surface area contributed by atoms with E-state index in [2.05, 4.69) is 0 Å². The molecule has 0 saturated carbocycles. The van der Waals surface area contributed by atoms with Gasteiger partial charge < -0.3 is 19.3 Å². The molecule has 0 radical (unpaired) electrons. The fraction of sp³-hybridized carbons (Fsp3) is 0.406. The van der Waals surface area contributed by atoms with Gasteiger partial charge in [0.05, 0.1) is 25.2 Å². The van der Waals surface area contributed by atoms with E-state index in [1.165, 1.54) is 18.2 Å². The molecule has 1 N–H and O–H groups in total. The zero-order valence-electron chi connectivity index (χ0n) is 23.1. The summed E-state index contributed by atoms with van der Waals surface area (Å²) in [6, 6.07) is 11.5. The quantitative estimate of drug-likeness (QED) is 0.272. The van der Waals surface area contributed by atoms with E-state index in [-0.39, 0.29) is 48.2 Å². The van der Waals surface area contributed by atoms with Crippen LogP contribution in [0.2, 0.25) is 0 Å². The zero-order valence-corrected chi connectivity index (χ0v) is 23.9. The minimum atomic E-state index is -4.70. The molecule has 228 valence electrons. The molecule has 1 fully saturated rings. The Morgan fingerprint density at radius 2 is 1.74 bits per heavy atom. The fourth-order valence-corrected chi connectivity index (χ4v) is 7.61. The number of alkyl halides is 3. The van der Waals surface area contributed by atoms with Crippen LogP contribution in [0.5, 0.6) is 17.2 Å². The monoisotopic (exact) mass is 618 g/mol. The first kappa shape index (κ1) is 29.5. The maximum absolute atomic E-state index is 15.5. The summed E-state index contributed by atoms with van der Waals surface area (Å²) in [5.74, 6) is 0.646. The van der Waals surface area contributed by atoms with Gasteiger partial charge >= 0.3 is 12.1 Å². The van der Waals surface area contributed by atoms with Crippen molar-refractivity contribution in [2.24, 2.45) is 5.92 Å². The lowest BCUT2D eigenvalue weighted by molar-refractivity contribution is -0.138. The van der Waals surface area contributed by atoms with Crippen molar-refractivity contribution in [3.05, 3.63) is 76.6 Å². The fourth-order valence-electron chi connectivity index (χ4n) is 6.22. The Hall–Kier alpha value is -3.60. The summed E-state index contributed by atoms with van der Waals surface area (Å²) in [7, 11) is -0.804. The molecule has 2 aliphatic heterocycles. The van der Waals surface area contributed by atoms with Gasteiger partial charge in [0.25, 0.3) is 0 Å². The Morgan fingerprint density at radius 3 is 2.47 bits per heavy atom. The van der Waals surface area contributed by atoms with Crippen LogP contribution in [0.3, 0.4) is 0 Å². The minimum Gasteiger partial charge on any atom is -0.493 e.